The van der Waals surface area contributed by atoms with Crippen molar-refractivity contribution in [2.75, 3.05) is 5.32 Å². The van der Waals surface area contributed by atoms with E-state index < -0.39 is 0 Å². The normalized spacial score (nSPS) is 10.6. The third kappa shape index (κ3) is 4.04. The second-order valence-electron chi connectivity index (χ2n) is 5.79. The Bertz CT molecular complexity index is 1040. The number of hydrogen-bond donors (Lipinski definition) is 1. The number of aryl methyl sites for hydroxylation is 1. The zero-order chi connectivity index (χ0) is 18.6. The van der Waals surface area contributed by atoms with Gasteiger partial charge in [0.15, 0.2) is 0 Å². The van der Waals surface area contributed by atoms with E-state index in [9.17, 15) is 4.79 Å². The average molecular weight is 376 g/mol. The number of thiophene rings is 1. The standard InChI is InChI=1S/C20H16N4O2S/c1-14-21-18(24-9-2-3-10-24)12-19(22-14)26-17-6-4-16(5-7-17)23-20(25)15-8-11-27-13-15/h2-13H,1H3,(H,23,25). The molecule has 1 amide bonds. The molecule has 4 rings (SSSR count). The van der Waals surface area contributed by atoms with Crippen LogP contribution < -0.4 is 10.1 Å². The van der Waals surface area contributed by atoms with Crippen LogP contribution in [0.25, 0.3) is 5.82 Å². The van der Waals surface area contributed by atoms with Crippen LogP contribution in [0, 0.1) is 6.92 Å². The quantitative estimate of drug-likeness (QED) is 0.549. The summed E-state index contributed by atoms with van der Waals surface area (Å²) in [5.41, 5.74) is 1.35. The highest BCUT2D eigenvalue weighted by atomic mass is 32.1. The number of nitrogens with one attached hydrogen (secondary N) is 1. The monoisotopic (exact) mass is 376 g/mol. The fourth-order valence-electron chi connectivity index (χ4n) is 2.52. The van der Waals surface area contributed by atoms with Crippen molar-refractivity contribution in [3.63, 3.8) is 0 Å². The van der Waals surface area contributed by atoms with Crippen LogP contribution in [0.1, 0.15) is 16.2 Å². The molecule has 0 unspecified atom stereocenters. The molecule has 3 heterocycles. The first-order valence-electron chi connectivity index (χ1n) is 8.28. The van der Waals surface area contributed by atoms with Crippen LogP contribution in [0.15, 0.2) is 71.7 Å². The second kappa shape index (κ2) is 7.43. The summed E-state index contributed by atoms with van der Waals surface area (Å²) in [7, 11) is 0. The summed E-state index contributed by atoms with van der Waals surface area (Å²) in [6.45, 7) is 1.82. The first-order chi connectivity index (χ1) is 13.2. The van der Waals surface area contributed by atoms with E-state index in [4.69, 9.17) is 4.74 Å². The van der Waals surface area contributed by atoms with Crippen molar-refractivity contribution >= 4 is 22.9 Å². The SMILES string of the molecule is Cc1nc(Oc2ccc(NC(=O)c3ccsc3)cc2)cc(-n2cccc2)n1. The Morgan fingerprint density at radius 3 is 2.59 bits per heavy atom. The molecule has 0 aliphatic heterocycles. The fourth-order valence-corrected chi connectivity index (χ4v) is 3.16. The van der Waals surface area contributed by atoms with Crippen molar-refractivity contribution in [2.45, 2.75) is 6.92 Å². The van der Waals surface area contributed by atoms with E-state index in [2.05, 4.69) is 15.3 Å². The van der Waals surface area contributed by atoms with Gasteiger partial charge < -0.3 is 14.6 Å². The number of anilines is 1. The van der Waals surface area contributed by atoms with Crippen LogP contribution in [0.5, 0.6) is 11.6 Å². The molecule has 6 nitrogen and oxygen atoms in total. The highest BCUT2D eigenvalue weighted by molar-refractivity contribution is 7.08. The molecule has 0 saturated carbocycles. The Kier molecular flexibility index (Phi) is 4.67. The molecule has 7 heteroatoms. The molecule has 0 fully saturated rings. The van der Waals surface area contributed by atoms with Crippen molar-refractivity contribution in [2.24, 2.45) is 0 Å². The predicted octanol–water partition coefficient (Wildman–Crippen LogP) is 4.68. The van der Waals surface area contributed by atoms with E-state index in [-0.39, 0.29) is 5.91 Å². The molecule has 4 aromatic rings. The van der Waals surface area contributed by atoms with Gasteiger partial charge in [-0.2, -0.15) is 16.3 Å². The zero-order valence-electron chi connectivity index (χ0n) is 14.5. The predicted molar refractivity (Wildman–Crippen MR) is 105 cm³/mol. The molecular formula is C20H16N4O2S. The first kappa shape index (κ1) is 17.0. The number of aromatic nitrogens is 3. The third-order valence-electron chi connectivity index (χ3n) is 3.79. The van der Waals surface area contributed by atoms with Gasteiger partial charge in [0.2, 0.25) is 5.88 Å². The second-order valence-corrected chi connectivity index (χ2v) is 6.57. The van der Waals surface area contributed by atoms with Gasteiger partial charge >= 0.3 is 0 Å². The molecule has 134 valence electrons. The molecule has 3 aromatic heterocycles. The van der Waals surface area contributed by atoms with Crippen LogP contribution in [-0.4, -0.2) is 20.4 Å². The van der Waals surface area contributed by atoms with Gasteiger partial charge in [-0.05, 0) is 54.8 Å². The van der Waals surface area contributed by atoms with Crippen molar-refractivity contribution in [1.82, 2.24) is 14.5 Å². The van der Waals surface area contributed by atoms with Crippen LogP contribution in [0.3, 0.4) is 0 Å². The number of benzene rings is 1. The molecule has 27 heavy (non-hydrogen) atoms. The van der Waals surface area contributed by atoms with Gasteiger partial charge in [0.05, 0.1) is 5.56 Å². The molecule has 0 radical (unpaired) electrons. The van der Waals surface area contributed by atoms with E-state index in [1.54, 1.807) is 36.4 Å². The van der Waals surface area contributed by atoms with Crippen molar-refractivity contribution in [3.05, 3.63) is 83.1 Å². The fraction of sp³-hybridized carbons (Fsp3) is 0.0500. The molecular weight excluding hydrogens is 360 g/mol. The molecule has 0 bridgehead atoms. The van der Waals surface area contributed by atoms with Crippen molar-refractivity contribution in [1.29, 1.82) is 0 Å². The smallest absolute Gasteiger partial charge is 0.256 e. The number of carbonyl (C=O) groups excluding carboxylic acids is 1. The minimum absolute atomic E-state index is 0.132. The lowest BCUT2D eigenvalue weighted by molar-refractivity contribution is 0.102. The van der Waals surface area contributed by atoms with Crippen molar-refractivity contribution in [3.8, 4) is 17.4 Å². The number of rotatable bonds is 5. The number of ether oxygens (including phenoxy) is 1. The Hall–Kier alpha value is -3.45. The van der Waals surface area contributed by atoms with Crippen LogP contribution >= 0.6 is 11.3 Å². The van der Waals surface area contributed by atoms with Gasteiger partial charge in [0.25, 0.3) is 5.91 Å². The van der Waals surface area contributed by atoms with Gasteiger partial charge in [0.1, 0.15) is 17.4 Å². The molecule has 0 atom stereocenters. The lowest BCUT2D eigenvalue weighted by Crippen LogP contribution is -2.10. The number of hydrogen-bond acceptors (Lipinski definition) is 5. The first-order valence-corrected chi connectivity index (χ1v) is 9.22. The average Bonchev–Trinajstić information content (AvgIpc) is 3.37. The summed E-state index contributed by atoms with van der Waals surface area (Å²) < 4.78 is 7.75. The highest BCUT2D eigenvalue weighted by Gasteiger charge is 2.08. The minimum atomic E-state index is -0.132. The molecule has 0 aliphatic rings. The van der Waals surface area contributed by atoms with Crippen LogP contribution in [0.4, 0.5) is 5.69 Å². The topological polar surface area (TPSA) is 69.0 Å². The maximum Gasteiger partial charge on any atom is 0.256 e. The number of amides is 1. The summed E-state index contributed by atoms with van der Waals surface area (Å²) in [5, 5.41) is 6.54. The number of nitrogens with zero attached hydrogens (tertiary/aromatic N) is 3. The largest absolute Gasteiger partial charge is 0.439 e. The molecule has 1 N–H and O–H groups in total. The molecule has 0 aliphatic carbocycles. The minimum Gasteiger partial charge on any atom is -0.439 e. The molecule has 1 aromatic carbocycles. The van der Waals surface area contributed by atoms with Crippen molar-refractivity contribution < 1.29 is 9.53 Å². The maximum atomic E-state index is 12.1. The Morgan fingerprint density at radius 2 is 1.89 bits per heavy atom. The van der Waals surface area contributed by atoms with Gasteiger partial charge in [-0.1, -0.05) is 0 Å². The van der Waals surface area contributed by atoms with Crippen LogP contribution in [0.2, 0.25) is 0 Å². The van der Waals surface area contributed by atoms with E-state index in [0.717, 1.165) is 5.82 Å². The maximum absolute atomic E-state index is 12.1. The lowest BCUT2D eigenvalue weighted by Gasteiger charge is -2.09. The third-order valence-corrected chi connectivity index (χ3v) is 4.47. The zero-order valence-corrected chi connectivity index (χ0v) is 15.3. The Morgan fingerprint density at radius 1 is 1.11 bits per heavy atom. The van der Waals surface area contributed by atoms with E-state index in [1.807, 2.05) is 46.8 Å². The summed E-state index contributed by atoms with van der Waals surface area (Å²) >= 11 is 1.49. The van der Waals surface area contributed by atoms with E-state index in [0.29, 0.717) is 28.7 Å². The lowest BCUT2D eigenvalue weighted by atomic mass is 10.2. The highest BCUT2D eigenvalue weighted by Crippen LogP contribution is 2.23. The number of carbonyl (C=O) groups is 1. The van der Waals surface area contributed by atoms with Gasteiger partial charge in [0, 0.05) is 29.5 Å². The van der Waals surface area contributed by atoms with E-state index in [1.165, 1.54) is 11.3 Å². The summed E-state index contributed by atoms with van der Waals surface area (Å²) in [5.74, 6) is 2.31. The Balaban J connectivity index is 1.48. The van der Waals surface area contributed by atoms with Crippen LogP contribution in [-0.2, 0) is 0 Å². The summed E-state index contributed by atoms with van der Waals surface area (Å²) in [6.07, 6.45) is 3.83. The van der Waals surface area contributed by atoms with Gasteiger partial charge in [-0.25, -0.2) is 4.98 Å². The molecule has 0 saturated heterocycles. The molecule has 0 spiro atoms. The summed E-state index contributed by atoms with van der Waals surface area (Å²) in [4.78, 5) is 20.8. The summed E-state index contributed by atoms with van der Waals surface area (Å²) in [6, 6.07) is 14.6. The van der Waals surface area contributed by atoms with E-state index >= 15 is 0 Å². The van der Waals surface area contributed by atoms with Gasteiger partial charge in [-0.15, -0.1) is 0 Å². The van der Waals surface area contributed by atoms with Gasteiger partial charge in [-0.3, -0.25) is 4.79 Å². The Labute approximate surface area is 160 Å².